The van der Waals surface area contributed by atoms with Gasteiger partial charge in [0.05, 0.1) is 5.52 Å². The zero-order valence-corrected chi connectivity index (χ0v) is 18.5. The highest BCUT2D eigenvalue weighted by Gasteiger charge is 2.27. The van der Waals surface area contributed by atoms with Crippen LogP contribution in [0, 0.1) is 0 Å². The number of nitrogens with one attached hydrogen (secondary N) is 2. The van der Waals surface area contributed by atoms with Gasteiger partial charge in [0.1, 0.15) is 10.9 Å². The van der Waals surface area contributed by atoms with E-state index in [9.17, 15) is 13.2 Å². The summed E-state index contributed by atoms with van der Waals surface area (Å²) in [5.74, 6) is -0.493. The van der Waals surface area contributed by atoms with E-state index in [1.807, 2.05) is 30.3 Å². The molecule has 6 nitrogen and oxygen atoms in total. The third kappa shape index (κ3) is 5.13. The number of benzene rings is 3. The van der Waals surface area contributed by atoms with E-state index in [1.165, 1.54) is 12.3 Å². The van der Waals surface area contributed by atoms with Crippen LogP contribution in [0.3, 0.4) is 0 Å². The molecule has 4 rings (SSSR count). The third-order valence-corrected chi connectivity index (χ3v) is 6.61. The number of anilines is 1. The van der Waals surface area contributed by atoms with Gasteiger partial charge in [-0.3, -0.25) is 9.78 Å². The van der Waals surface area contributed by atoms with E-state index >= 15 is 0 Å². The van der Waals surface area contributed by atoms with E-state index in [0.29, 0.717) is 21.6 Å². The largest absolute Gasteiger partial charge is 0.325 e. The van der Waals surface area contributed by atoms with Crippen molar-refractivity contribution in [3.63, 3.8) is 0 Å². The highest BCUT2D eigenvalue weighted by Crippen LogP contribution is 2.22. The second-order valence-corrected chi connectivity index (χ2v) is 9.31. The van der Waals surface area contributed by atoms with Crippen LogP contribution in [-0.2, 0) is 21.2 Å². The molecule has 2 N–H and O–H groups in total. The van der Waals surface area contributed by atoms with Crippen molar-refractivity contribution in [1.82, 2.24) is 9.71 Å². The van der Waals surface area contributed by atoms with Gasteiger partial charge in [-0.25, -0.2) is 8.42 Å². The smallest absolute Gasteiger partial charge is 0.243 e. The van der Waals surface area contributed by atoms with Crippen molar-refractivity contribution in [2.45, 2.75) is 17.4 Å². The molecule has 0 bridgehead atoms. The number of halogens is 1. The first kappa shape index (κ1) is 22.0. The molecule has 0 spiro atoms. The van der Waals surface area contributed by atoms with Crippen LogP contribution in [0.15, 0.2) is 96.0 Å². The van der Waals surface area contributed by atoms with Gasteiger partial charge in [0.25, 0.3) is 0 Å². The summed E-state index contributed by atoms with van der Waals surface area (Å²) in [6.07, 6.45) is 1.71. The SMILES string of the molecule is O=C(Nc1cccc(Cl)c1)[C@@H](Cc1ccccc1)NS(=O)(=O)c1cccc2cccnc12. The van der Waals surface area contributed by atoms with Crippen LogP contribution in [0.5, 0.6) is 0 Å². The van der Waals surface area contributed by atoms with Gasteiger partial charge < -0.3 is 5.32 Å². The van der Waals surface area contributed by atoms with Crippen molar-refractivity contribution in [1.29, 1.82) is 0 Å². The summed E-state index contributed by atoms with van der Waals surface area (Å²) in [7, 11) is -4.05. The van der Waals surface area contributed by atoms with Crippen LogP contribution < -0.4 is 10.0 Å². The lowest BCUT2D eigenvalue weighted by molar-refractivity contribution is -0.117. The number of nitrogens with zero attached hydrogens (tertiary/aromatic N) is 1. The van der Waals surface area contributed by atoms with Gasteiger partial charge in [-0.05, 0) is 42.3 Å². The Balaban J connectivity index is 1.66. The molecule has 0 aliphatic carbocycles. The number of fused-ring (bicyclic) bond motifs is 1. The van der Waals surface area contributed by atoms with Gasteiger partial charge in [-0.1, -0.05) is 66.2 Å². The minimum absolute atomic E-state index is 0.0178. The summed E-state index contributed by atoms with van der Waals surface area (Å²) in [6, 6.07) is 23.3. The van der Waals surface area contributed by atoms with Crippen LogP contribution in [0.4, 0.5) is 5.69 Å². The molecule has 1 atom stereocenters. The molecule has 1 aromatic heterocycles. The molecular formula is C24H20ClN3O3S. The molecule has 0 saturated heterocycles. The van der Waals surface area contributed by atoms with Gasteiger partial charge in [0, 0.05) is 22.3 Å². The lowest BCUT2D eigenvalue weighted by atomic mass is 10.1. The average molecular weight is 466 g/mol. The molecule has 0 unspecified atom stereocenters. The predicted molar refractivity (Wildman–Crippen MR) is 126 cm³/mol. The number of sulfonamides is 1. The fourth-order valence-corrected chi connectivity index (χ4v) is 4.94. The normalized spacial score (nSPS) is 12.4. The van der Waals surface area contributed by atoms with Gasteiger partial charge in [0.2, 0.25) is 15.9 Å². The van der Waals surface area contributed by atoms with Crippen molar-refractivity contribution in [3.05, 3.63) is 102 Å². The summed E-state index contributed by atoms with van der Waals surface area (Å²) in [5.41, 5.74) is 1.64. The summed E-state index contributed by atoms with van der Waals surface area (Å²) in [6.45, 7) is 0. The van der Waals surface area contributed by atoms with E-state index in [2.05, 4.69) is 15.0 Å². The standard InChI is InChI=1S/C24H20ClN3O3S/c25-19-11-5-12-20(16-19)27-24(29)21(15-17-7-2-1-3-8-17)28-32(30,31)22-13-4-9-18-10-6-14-26-23(18)22/h1-14,16,21,28H,15H2,(H,27,29)/t21-/m1/s1. The van der Waals surface area contributed by atoms with Crippen LogP contribution >= 0.6 is 11.6 Å². The Morgan fingerprint density at radius 3 is 2.47 bits per heavy atom. The Hall–Kier alpha value is -3.26. The summed E-state index contributed by atoms with van der Waals surface area (Å²) in [4.78, 5) is 17.3. The molecule has 8 heteroatoms. The van der Waals surface area contributed by atoms with E-state index in [-0.39, 0.29) is 11.3 Å². The summed E-state index contributed by atoms with van der Waals surface area (Å²) in [5, 5.41) is 3.90. The zero-order chi connectivity index (χ0) is 22.6. The molecule has 1 amide bonds. The number of carbonyl (C=O) groups is 1. The lowest BCUT2D eigenvalue weighted by Gasteiger charge is -2.19. The van der Waals surface area contributed by atoms with E-state index in [4.69, 9.17) is 11.6 Å². The lowest BCUT2D eigenvalue weighted by Crippen LogP contribution is -2.45. The second kappa shape index (κ2) is 9.48. The van der Waals surface area contributed by atoms with Crippen molar-refractivity contribution < 1.29 is 13.2 Å². The monoisotopic (exact) mass is 465 g/mol. The van der Waals surface area contributed by atoms with Crippen molar-refractivity contribution in [2.24, 2.45) is 0 Å². The van der Waals surface area contributed by atoms with E-state index < -0.39 is 22.0 Å². The Bertz CT molecular complexity index is 1360. The van der Waals surface area contributed by atoms with Gasteiger partial charge in [-0.2, -0.15) is 4.72 Å². The molecule has 4 aromatic rings. The first-order valence-electron chi connectivity index (χ1n) is 9.89. The Morgan fingerprint density at radius 1 is 0.938 bits per heavy atom. The highest BCUT2D eigenvalue weighted by molar-refractivity contribution is 7.89. The fourth-order valence-electron chi connectivity index (χ4n) is 3.38. The third-order valence-electron chi connectivity index (χ3n) is 4.87. The molecule has 0 saturated carbocycles. The summed E-state index contributed by atoms with van der Waals surface area (Å²) < 4.78 is 29.2. The van der Waals surface area contributed by atoms with Crippen LogP contribution in [0.25, 0.3) is 10.9 Å². The number of pyridine rings is 1. The molecule has 1 heterocycles. The topological polar surface area (TPSA) is 88.2 Å². The molecule has 0 radical (unpaired) electrons. The maximum Gasteiger partial charge on any atom is 0.243 e. The molecule has 32 heavy (non-hydrogen) atoms. The van der Waals surface area contributed by atoms with Crippen molar-refractivity contribution >= 4 is 44.1 Å². The van der Waals surface area contributed by atoms with E-state index in [1.54, 1.807) is 48.5 Å². The number of aromatic nitrogens is 1. The molecule has 0 aliphatic rings. The molecule has 162 valence electrons. The Kier molecular flexibility index (Phi) is 6.50. The van der Waals surface area contributed by atoms with Crippen LogP contribution in [-0.4, -0.2) is 25.4 Å². The number of amides is 1. The minimum atomic E-state index is -4.05. The molecule has 0 aliphatic heterocycles. The van der Waals surface area contributed by atoms with E-state index in [0.717, 1.165) is 5.56 Å². The molecule has 3 aromatic carbocycles. The number of hydrogen-bond acceptors (Lipinski definition) is 4. The fraction of sp³-hybridized carbons (Fsp3) is 0.0833. The number of rotatable bonds is 7. The second-order valence-electron chi connectivity index (χ2n) is 7.19. The molecular weight excluding hydrogens is 446 g/mol. The summed E-state index contributed by atoms with van der Waals surface area (Å²) >= 11 is 6.01. The quantitative estimate of drug-likeness (QED) is 0.423. The number of carbonyl (C=O) groups excluding carboxylic acids is 1. The maximum absolute atomic E-state index is 13.3. The van der Waals surface area contributed by atoms with Gasteiger partial charge in [-0.15, -0.1) is 0 Å². The molecule has 0 fully saturated rings. The van der Waals surface area contributed by atoms with Crippen LogP contribution in [0.2, 0.25) is 5.02 Å². The first-order valence-corrected chi connectivity index (χ1v) is 11.7. The first-order chi connectivity index (χ1) is 15.4. The average Bonchev–Trinajstić information content (AvgIpc) is 2.79. The highest BCUT2D eigenvalue weighted by atomic mass is 35.5. The van der Waals surface area contributed by atoms with Crippen molar-refractivity contribution in [2.75, 3.05) is 5.32 Å². The zero-order valence-electron chi connectivity index (χ0n) is 16.9. The predicted octanol–water partition coefficient (Wildman–Crippen LogP) is 4.42. The number of para-hydroxylation sites is 1. The van der Waals surface area contributed by atoms with Crippen LogP contribution in [0.1, 0.15) is 5.56 Å². The Morgan fingerprint density at radius 2 is 1.69 bits per heavy atom. The minimum Gasteiger partial charge on any atom is -0.325 e. The number of hydrogen-bond donors (Lipinski definition) is 2. The maximum atomic E-state index is 13.3. The van der Waals surface area contributed by atoms with Crippen molar-refractivity contribution in [3.8, 4) is 0 Å². The van der Waals surface area contributed by atoms with Gasteiger partial charge in [0.15, 0.2) is 0 Å². The van der Waals surface area contributed by atoms with Gasteiger partial charge >= 0.3 is 0 Å². The Labute approximate surface area is 191 Å².